The van der Waals surface area contributed by atoms with Crippen LogP contribution in [-0.4, -0.2) is 20.6 Å². The summed E-state index contributed by atoms with van der Waals surface area (Å²) in [7, 11) is 0. The molecule has 1 aromatic heterocycles. The van der Waals surface area contributed by atoms with Crippen LogP contribution < -0.4 is 5.32 Å². The van der Waals surface area contributed by atoms with Crippen LogP contribution in [0.1, 0.15) is 11.4 Å². The highest BCUT2D eigenvalue weighted by Gasteiger charge is 2.08. The van der Waals surface area contributed by atoms with Crippen molar-refractivity contribution in [3.8, 4) is 6.07 Å². The molecule has 1 heterocycles. The summed E-state index contributed by atoms with van der Waals surface area (Å²) in [6.07, 6.45) is 1.54. The molecular formula is C11H8Br2N6. The number of nitrogens with one attached hydrogen (secondary N) is 2. The van der Waals surface area contributed by atoms with Crippen LogP contribution >= 0.6 is 31.9 Å². The smallest absolute Gasteiger partial charge is 0.216 e. The van der Waals surface area contributed by atoms with E-state index in [-0.39, 0.29) is 5.82 Å². The van der Waals surface area contributed by atoms with Gasteiger partial charge in [0.25, 0.3) is 0 Å². The summed E-state index contributed by atoms with van der Waals surface area (Å²) in [4.78, 5) is 0. The molecule has 0 aliphatic heterocycles. The molecule has 0 aliphatic rings. The van der Waals surface area contributed by atoms with E-state index in [9.17, 15) is 0 Å². The molecular weight excluding hydrogens is 376 g/mol. The molecule has 1 aromatic carbocycles. The number of aromatic amines is 1. The van der Waals surface area contributed by atoms with Crippen LogP contribution in [0.15, 0.2) is 27.3 Å². The number of aromatic nitrogens is 4. The van der Waals surface area contributed by atoms with E-state index in [0.717, 1.165) is 20.2 Å². The summed E-state index contributed by atoms with van der Waals surface area (Å²) in [5.41, 5.74) is 2.20. The molecule has 2 N–H and O–H groups in total. The maximum Gasteiger partial charge on any atom is 0.216 e. The molecule has 96 valence electrons. The van der Waals surface area contributed by atoms with Gasteiger partial charge in [0.05, 0.1) is 5.69 Å². The normalized spacial score (nSPS) is 11.2. The third-order valence-corrected chi connectivity index (χ3v) is 4.28. The van der Waals surface area contributed by atoms with E-state index in [1.165, 1.54) is 6.20 Å². The fraction of sp³-hybridized carbons (Fsp3) is 0.0909. The fourth-order valence-corrected chi connectivity index (χ4v) is 2.40. The Bertz CT molecular complexity index is 657. The van der Waals surface area contributed by atoms with Crippen LogP contribution in [0.25, 0.3) is 5.57 Å². The SMILES string of the molecule is Cc1c(Br)ccc(NC=C(C#N)c2nn[nH]n2)c1Br. The lowest BCUT2D eigenvalue weighted by molar-refractivity contribution is 0.881. The average Bonchev–Trinajstić information content (AvgIpc) is 2.93. The van der Waals surface area contributed by atoms with Gasteiger partial charge >= 0.3 is 0 Å². The molecule has 0 spiro atoms. The molecule has 0 atom stereocenters. The van der Waals surface area contributed by atoms with Crippen molar-refractivity contribution in [1.82, 2.24) is 20.6 Å². The molecule has 6 nitrogen and oxygen atoms in total. The van der Waals surface area contributed by atoms with Crippen LogP contribution in [0.2, 0.25) is 0 Å². The molecule has 0 radical (unpaired) electrons. The van der Waals surface area contributed by atoms with Crippen molar-refractivity contribution in [3.63, 3.8) is 0 Å². The van der Waals surface area contributed by atoms with Gasteiger partial charge < -0.3 is 5.32 Å². The van der Waals surface area contributed by atoms with Crippen LogP contribution in [-0.2, 0) is 0 Å². The maximum absolute atomic E-state index is 9.04. The summed E-state index contributed by atoms with van der Waals surface area (Å²) >= 11 is 6.94. The molecule has 2 aromatic rings. The number of hydrogen-bond acceptors (Lipinski definition) is 5. The Labute approximate surface area is 126 Å². The van der Waals surface area contributed by atoms with Crippen LogP contribution in [0.4, 0.5) is 5.69 Å². The zero-order chi connectivity index (χ0) is 13.8. The highest BCUT2D eigenvalue weighted by Crippen LogP contribution is 2.31. The molecule has 0 amide bonds. The van der Waals surface area contributed by atoms with E-state index in [4.69, 9.17) is 5.26 Å². The molecule has 0 bridgehead atoms. The quantitative estimate of drug-likeness (QED) is 0.795. The van der Waals surface area contributed by atoms with Gasteiger partial charge in [-0.1, -0.05) is 15.9 Å². The highest BCUT2D eigenvalue weighted by molar-refractivity contribution is 9.11. The highest BCUT2D eigenvalue weighted by atomic mass is 79.9. The lowest BCUT2D eigenvalue weighted by Gasteiger charge is -2.08. The Morgan fingerprint density at radius 2 is 2.26 bits per heavy atom. The molecule has 0 saturated carbocycles. The molecule has 2 rings (SSSR count). The van der Waals surface area contributed by atoms with E-state index >= 15 is 0 Å². The molecule has 0 fully saturated rings. The fourth-order valence-electron chi connectivity index (χ4n) is 1.35. The number of halogens is 2. The zero-order valence-electron chi connectivity index (χ0n) is 9.78. The second-order valence-electron chi connectivity index (χ2n) is 3.58. The van der Waals surface area contributed by atoms with Crippen molar-refractivity contribution in [2.45, 2.75) is 6.92 Å². The summed E-state index contributed by atoms with van der Waals surface area (Å²) in [6, 6.07) is 5.83. The largest absolute Gasteiger partial charge is 0.359 e. The maximum atomic E-state index is 9.04. The molecule has 0 saturated heterocycles. The summed E-state index contributed by atoms with van der Waals surface area (Å²) in [6.45, 7) is 1.98. The predicted octanol–water partition coefficient (Wildman–Crippen LogP) is 3.01. The van der Waals surface area contributed by atoms with Gasteiger partial charge in [0.2, 0.25) is 5.82 Å². The Morgan fingerprint density at radius 1 is 1.47 bits per heavy atom. The first kappa shape index (κ1) is 13.7. The lowest BCUT2D eigenvalue weighted by atomic mass is 10.2. The van der Waals surface area contributed by atoms with E-state index in [2.05, 4.69) is 57.8 Å². The number of anilines is 1. The van der Waals surface area contributed by atoms with Gasteiger partial charge in [-0.25, -0.2) is 0 Å². The zero-order valence-corrected chi connectivity index (χ0v) is 12.9. The minimum absolute atomic E-state index is 0.250. The van der Waals surface area contributed by atoms with Gasteiger partial charge in [0, 0.05) is 15.1 Å². The van der Waals surface area contributed by atoms with Crippen LogP contribution in [0.5, 0.6) is 0 Å². The number of hydrogen-bond donors (Lipinski definition) is 2. The topological polar surface area (TPSA) is 90.3 Å². The van der Waals surface area contributed by atoms with Crippen molar-refractivity contribution >= 4 is 43.1 Å². The minimum atomic E-state index is 0.250. The number of allylic oxidation sites excluding steroid dienone is 1. The minimum Gasteiger partial charge on any atom is -0.359 e. The number of nitrogens with zero attached hydrogens (tertiary/aromatic N) is 4. The van der Waals surface area contributed by atoms with E-state index in [0.29, 0.717) is 5.57 Å². The number of H-pyrrole nitrogens is 1. The monoisotopic (exact) mass is 382 g/mol. The Morgan fingerprint density at radius 3 is 2.89 bits per heavy atom. The Balaban J connectivity index is 2.28. The summed E-state index contributed by atoms with van der Waals surface area (Å²) in [5.74, 6) is 0.250. The number of benzene rings is 1. The molecule has 0 aliphatic carbocycles. The third kappa shape index (κ3) is 3.00. The lowest BCUT2D eigenvalue weighted by Crippen LogP contribution is -1.95. The van der Waals surface area contributed by atoms with Gasteiger partial charge in [-0.05, 0) is 45.8 Å². The standard InChI is InChI=1S/C11H8Br2N6/c1-6-8(12)2-3-9(10(6)13)15-5-7(4-14)11-16-18-19-17-11/h2-3,5,15H,1H3,(H,16,17,18,19). The van der Waals surface area contributed by atoms with Gasteiger partial charge in [0.15, 0.2) is 0 Å². The average molecular weight is 384 g/mol. The molecule has 8 heteroatoms. The van der Waals surface area contributed by atoms with Crippen molar-refractivity contribution in [1.29, 1.82) is 5.26 Å². The Kier molecular flexibility index (Phi) is 4.29. The van der Waals surface area contributed by atoms with Crippen molar-refractivity contribution in [2.75, 3.05) is 5.32 Å². The van der Waals surface area contributed by atoms with E-state index in [1.54, 1.807) is 0 Å². The summed E-state index contributed by atoms with van der Waals surface area (Å²) < 4.78 is 1.93. The number of rotatable bonds is 3. The van der Waals surface area contributed by atoms with E-state index in [1.807, 2.05) is 25.1 Å². The van der Waals surface area contributed by atoms with Crippen molar-refractivity contribution < 1.29 is 0 Å². The summed E-state index contributed by atoms with van der Waals surface area (Å²) in [5, 5.41) is 25.3. The molecule has 0 unspecified atom stereocenters. The van der Waals surface area contributed by atoms with Gasteiger partial charge in [0.1, 0.15) is 11.6 Å². The van der Waals surface area contributed by atoms with Crippen molar-refractivity contribution in [3.05, 3.63) is 38.7 Å². The van der Waals surface area contributed by atoms with Crippen LogP contribution in [0.3, 0.4) is 0 Å². The van der Waals surface area contributed by atoms with Crippen LogP contribution in [0, 0.1) is 18.3 Å². The van der Waals surface area contributed by atoms with Gasteiger partial charge in [-0.15, -0.1) is 10.2 Å². The van der Waals surface area contributed by atoms with Gasteiger partial charge in [-0.3, -0.25) is 0 Å². The second-order valence-corrected chi connectivity index (χ2v) is 5.23. The number of nitriles is 1. The van der Waals surface area contributed by atoms with E-state index < -0.39 is 0 Å². The predicted molar refractivity (Wildman–Crippen MR) is 78.0 cm³/mol. The number of tetrazole rings is 1. The third-order valence-electron chi connectivity index (χ3n) is 2.40. The van der Waals surface area contributed by atoms with Gasteiger partial charge in [-0.2, -0.15) is 10.5 Å². The van der Waals surface area contributed by atoms with Crippen molar-refractivity contribution in [2.24, 2.45) is 0 Å². The second kappa shape index (κ2) is 5.95. The first-order chi connectivity index (χ1) is 9.13. The first-order valence-electron chi connectivity index (χ1n) is 5.18. The molecule has 19 heavy (non-hydrogen) atoms. The Hall–Kier alpha value is -1.72. The first-order valence-corrected chi connectivity index (χ1v) is 6.77.